The number of amides is 2. The molecule has 0 N–H and O–H groups in total. The molecule has 0 bridgehead atoms. The number of carbonyl (C=O) groups is 2. The van der Waals surface area contributed by atoms with Crippen molar-refractivity contribution in [3.8, 4) is 5.75 Å². The average molecular weight is 327 g/mol. The number of imide groups is 1. The molecule has 23 heavy (non-hydrogen) atoms. The SMILES string of the molecule is COc1ccc(CN2C(=O)C=C(C(C)(C)C(F)(F)F)C2=O)cc1. The molecule has 0 unspecified atom stereocenters. The minimum atomic E-state index is -4.62. The van der Waals surface area contributed by atoms with E-state index >= 15 is 0 Å². The Morgan fingerprint density at radius 1 is 1.09 bits per heavy atom. The fourth-order valence-corrected chi connectivity index (χ4v) is 2.17. The maximum atomic E-state index is 13.1. The van der Waals surface area contributed by atoms with Crippen LogP contribution in [0.4, 0.5) is 13.2 Å². The third-order valence-corrected chi connectivity index (χ3v) is 3.89. The highest BCUT2D eigenvalue weighted by molar-refractivity contribution is 6.16. The Kier molecular flexibility index (Phi) is 4.24. The molecule has 1 aliphatic heterocycles. The molecule has 7 heteroatoms. The van der Waals surface area contributed by atoms with Crippen LogP contribution < -0.4 is 4.74 Å². The molecule has 124 valence electrons. The molecule has 4 nitrogen and oxygen atoms in total. The van der Waals surface area contributed by atoms with Crippen LogP contribution in [0.5, 0.6) is 5.75 Å². The lowest BCUT2D eigenvalue weighted by Crippen LogP contribution is -2.39. The van der Waals surface area contributed by atoms with E-state index < -0.39 is 29.0 Å². The van der Waals surface area contributed by atoms with Gasteiger partial charge in [-0.05, 0) is 31.5 Å². The van der Waals surface area contributed by atoms with E-state index in [4.69, 9.17) is 4.74 Å². The summed E-state index contributed by atoms with van der Waals surface area (Å²) >= 11 is 0. The molecule has 0 atom stereocenters. The largest absolute Gasteiger partial charge is 0.497 e. The van der Waals surface area contributed by atoms with Gasteiger partial charge in [0.15, 0.2) is 0 Å². The lowest BCUT2D eigenvalue weighted by molar-refractivity contribution is -0.199. The summed E-state index contributed by atoms with van der Waals surface area (Å²) in [4.78, 5) is 25.0. The van der Waals surface area contributed by atoms with Gasteiger partial charge >= 0.3 is 6.18 Å². The van der Waals surface area contributed by atoms with E-state index in [1.165, 1.54) is 7.11 Å². The number of benzene rings is 1. The van der Waals surface area contributed by atoms with Gasteiger partial charge in [0.25, 0.3) is 11.8 Å². The molecule has 0 radical (unpaired) electrons. The molecular formula is C16H16F3NO3. The van der Waals surface area contributed by atoms with Crippen LogP contribution in [0.1, 0.15) is 19.4 Å². The van der Waals surface area contributed by atoms with E-state index in [9.17, 15) is 22.8 Å². The first-order chi connectivity index (χ1) is 10.6. The maximum absolute atomic E-state index is 13.1. The smallest absolute Gasteiger partial charge is 0.398 e. The zero-order chi connectivity index (χ0) is 17.4. The highest BCUT2D eigenvalue weighted by Crippen LogP contribution is 2.45. The quantitative estimate of drug-likeness (QED) is 0.799. The van der Waals surface area contributed by atoms with Crippen LogP contribution in [0.3, 0.4) is 0 Å². The summed E-state index contributed by atoms with van der Waals surface area (Å²) in [6, 6.07) is 6.58. The standard InChI is InChI=1S/C16H16F3NO3/c1-15(2,16(17,18)19)12-8-13(21)20(14(12)22)9-10-4-6-11(23-3)7-5-10/h4-8H,9H2,1-3H3. The Bertz CT molecular complexity index is 660. The molecule has 0 fully saturated rings. The number of hydrogen-bond donors (Lipinski definition) is 0. The van der Waals surface area contributed by atoms with Gasteiger partial charge in [-0.2, -0.15) is 13.2 Å². The monoisotopic (exact) mass is 327 g/mol. The van der Waals surface area contributed by atoms with Gasteiger partial charge in [-0.1, -0.05) is 12.1 Å². The van der Waals surface area contributed by atoms with E-state index in [-0.39, 0.29) is 6.54 Å². The van der Waals surface area contributed by atoms with E-state index in [0.717, 1.165) is 24.8 Å². The van der Waals surface area contributed by atoms with Crippen LogP contribution in [0.15, 0.2) is 35.9 Å². The number of alkyl halides is 3. The van der Waals surface area contributed by atoms with Crippen molar-refractivity contribution in [1.82, 2.24) is 4.90 Å². The number of ether oxygens (including phenoxy) is 1. The van der Waals surface area contributed by atoms with Crippen molar-refractivity contribution in [1.29, 1.82) is 0 Å². The Balaban J connectivity index is 2.21. The molecule has 2 amide bonds. The molecule has 1 aromatic carbocycles. The fraction of sp³-hybridized carbons (Fsp3) is 0.375. The topological polar surface area (TPSA) is 46.6 Å². The highest BCUT2D eigenvalue weighted by atomic mass is 19.4. The molecule has 1 heterocycles. The van der Waals surface area contributed by atoms with Gasteiger partial charge in [0.1, 0.15) is 5.75 Å². The number of nitrogens with zero attached hydrogens (tertiary/aromatic N) is 1. The number of rotatable bonds is 4. The van der Waals surface area contributed by atoms with Crippen molar-refractivity contribution in [2.75, 3.05) is 7.11 Å². The Hall–Kier alpha value is -2.31. The van der Waals surface area contributed by atoms with Crippen LogP contribution in [-0.4, -0.2) is 30.0 Å². The zero-order valence-corrected chi connectivity index (χ0v) is 12.9. The van der Waals surface area contributed by atoms with Gasteiger partial charge < -0.3 is 4.74 Å². The van der Waals surface area contributed by atoms with Gasteiger partial charge in [0, 0.05) is 11.6 Å². The van der Waals surface area contributed by atoms with Crippen LogP contribution in [0, 0.1) is 5.41 Å². The maximum Gasteiger partial charge on any atom is 0.398 e. The summed E-state index contributed by atoms with van der Waals surface area (Å²) in [5, 5.41) is 0. The van der Waals surface area contributed by atoms with Crippen molar-refractivity contribution in [2.24, 2.45) is 5.41 Å². The van der Waals surface area contributed by atoms with Crippen LogP contribution in [0.25, 0.3) is 0 Å². The predicted molar refractivity (Wildman–Crippen MR) is 76.5 cm³/mol. The molecule has 0 aromatic heterocycles. The third-order valence-electron chi connectivity index (χ3n) is 3.89. The van der Waals surface area contributed by atoms with Crippen LogP contribution >= 0.6 is 0 Å². The Morgan fingerprint density at radius 3 is 2.13 bits per heavy atom. The second-order valence-electron chi connectivity index (χ2n) is 5.76. The van der Waals surface area contributed by atoms with Crippen molar-refractivity contribution in [2.45, 2.75) is 26.6 Å². The highest BCUT2D eigenvalue weighted by Gasteiger charge is 2.54. The van der Waals surface area contributed by atoms with Gasteiger partial charge in [-0.25, -0.2) is 0 Å². The fourth-order valence-electron chi connectivity index (χ4n) is 2.17. The first-order valence-electron chi connectivity index (χ1n) is 6.85. The summed E-state index contributed by atoms with van der Waals surface area (Å²) in [6.45, 7) is 1.69. The summed E-state index contributed by atoms with van der Waals surface area (Å²) in [5.74, 6) is -1.05. The second-order valence-corrected chi connectivity index (χ2v) is 5.76. The summed E-state index contributed by atoms with van der Waals surface area (Å²) in [5.41, 5.74) is -2.30. The first kappa shape index (κ1) is 17.1. The van der Waals surface area contributed by atoms with E-state index in [2.05, 4.69) is 0 Å². The minimum absolute atomic E-state index is 0.0877. The Morgan fingerprint density at radius 2 is 1.65 bits per heavy atom. The molecule has 0 aliphatic carbocycles. The number of carbonyl (C=O) groups excluding carboxylic acids is 2. The molecule has 0 saturated carbocycles. The summed E-state index contributed by atoms with van der Waals surface area (Å²) < 4.78 is 44.3. The molecular weight excluding hydrogens is 311 g/mol. The second kappa shape index (κ2) is 5.72. The summed E-state index contributed by atoms with van der Waals surface area (Å²) in [7, 11) is 1.50. The van der Waals surface area contributed by atoms with Gasteiger partial charge in [0.05, 0.1) is 19.1 Å². The minimum Gasteiger partial charge on any atom is -0.497 e. The molecule has 1 aromatic rings. The number of halogens is 3. The van der Waals surface area contributed by atoms with Crippen molar-refractivity contribution >= 4 is 11.8 Å². The van der Waals surface area contributed by atoms with E-state index in [1.807, 2.05) is 0 Å². The van der Waals surface area contributed by atoms with Crippen LogP contribution in [0.2, 0.25) is 0 Å². The van der Waals surface area contributed by atoms with Crippen molar-refractivity contribution in [3.63, 3.8) is 0 Å². The average Bonchev–Trinajstić information content (AvgIpc) is 2.75. The summed E-state index contributed by atoms with van der Waals surface area (Å²) in [6.07, 6.45) is -3.84. The Labute approximate surface area is 131 Å². The molecule has 1 aliphatic rings. The van der Waals surface area contributed by atoms with Crippen LogP contribution in [-0.2, 0) is 16.1 Å². The molecule has 2 rings (SSSR count). The lowest BCUT2D eigenvalue weighted by Gasteiger charge is -2.28. The third kappa shape index (κ3) is 3.09. The zero-order valence-electron chi connectivity index (χ0n) is 12.9. The normalized spacial score (nSPS) is 15.9. The van der Waals surface area contributed by atoms with Crippen molar-refractivity contribution in [3.05, 3.63) is 41.5 Å². The van der Waals surface area contributed by atoms with E-state index in [0.29, 0.717) is 11.3 Å². The van der Waals surface area contributed by atoms with Gasteiger partial charge in [0.2, 0.25) is 0 Å². The van der Waals surface area contributed by atoms with Crippen molar-refractivity contribution < 1.29 is 27.5 Å². The molecule has 0 spiro atoms. The number of hydrogen-bond acceptors (Lipinski definition) is 3. The number of methoxy groups -OCH3 is 1. The van der Waals surface area contributed by atoms with Gasteiger partial charge in [-0.15, -0.1) is 0 Å². The first-order valence-corrected chi connectivity index (χ1v) is 6.85. The van der Waals surface area contributed by atoms with E-state index in [1.54, 1.807) is 24.3 Å². The predicted octanol–water partition coefficient (Wildman–Crippen LogP) is 3.08. The van der Waals surface area contributed by atoms with Gasteiger partial charge in [-0.3, -0.25) is 14.5 Å². The lowest BCUT2D eigenvalue weighted by atomic mass is 9.83. The molecule has 0 saturated heterocycles.